The van der Waals surface area contributed by atoms with Crippen molar-refractivity contribution in [3.05, 3.63) is 35.4 Å². The monoisotopic (exact) mass is 288 g/mol. The lowest BCUT2D eigenvalue weighted by atomic mass is 10.2. The van der Waals surface area contributed by atoms with Crippen LogP contribution in [0.4, 0.5) is 5.82 Å². The molecule has 0 aliphatic heterocycles. The van der Waals surface area contributed by atoms with Crippen LogP contribution in [0.25, 0.3) is 22.6 Å². The van der Waals surface area contributed by atoms with E-state index in [0.29, 0.717) is 16.5 Å². The summed E-state index contributed by atoms with van der Waals surface area (Å²) in [5.41, 5.74) is 2.31. The summed E-state index contributed by atoms with van der Waals surface area (Å²) in [5, 5.41) is 9.74. The Bertz CT molecular complexity index is 782. The minimum atomic E-state index is 0.0551. The Morgan fingerprint density at radius 3 is 2.65 bits per heavy atom. The van der Waals surface area contributed by atoms with E-state index in [1.165, 1.54) is 0 Å². The average molecular weight is 289 g/mol. The third kappa shape index (κ3) is 2.16. The number of anilines is 1. The highest BCUT2D eigenvalue weighted by atomic mass is 35.5. The number of aromatic hydroxyl groups is 1. The molecule has 102 valence electrons. The largest absolute Gasteiger partial charge is 0.506 e. The van der Waals surface area contributed by atoms with Gasteiger partial charge in [0.2, 0.25) is 0 Å². The molecule has 0 aliphatic carbocycles. The van der Waals surface area contributed by atoms with E-state index in [0.717, 1.165) is 16.9 Å². The van der Waals surface area contributed by atoms with Gasteiger partial charge in [-0.1, -0.05) is 11.6 Å². The summed E-state index contributed by atoms with van der Waals surface area (Å²) in [5.74, 6) is 1.57. The van der Waals surface area contributed by atoms with Gasteiger partial charge < -0.3 is 15.0 Å². The number of rotatable bonds is 2. The maximum absolute atomic E-state index is 9.45. The Balaban J connectivity index is 2.10. The van der Waals surface area contributed by atoms with Crippen LogP contribution in [0.2, 0.25) is 5.02 Å². The second kappa shape index (κ2) is 4.68. The number of phenols is 1. The van der Waals surface area contributed by atoms with Gasteiger partial charge >= 0.3 is 0 Å². The highest BCUT2D eigenvalue weighted by Crippen LogP contribution is 2.29. The first-order valence-corrected chi connectivity index (χ1v) is 6.45. The fourth-order valence-electron chi connectivity index (χ4n) is 1.92. The van der Waals surface area contributed by atoms with E-state index in [4.69, 9.17) is 11.6 Å². The number of hydrogen-bond acceptors (Lipinski definition) is 4. The zero-order chi connectivity index (χ0) is 14.3. The first-order valence-electron chi connectivity index (χ1n) is 6.07. The zero-order valence-corrected chi connectivity index (χ0v) is 11.8. The number of hydrogen-bond donors (Lipinski definition) is 2. The highest BCUT2D eigenvalue weighted by molar-refractivity contribution is 6.32. The summed E-state index contributed by atoms with van der Waals surface area (Å²) in [6.45, 7) is 0. The van der Waals surface area contributed by atoms with Crippen LogP contribution in [0.5, 0.6) is 5.75 Å². The predicted molar refractivity (Wildman–Crippen MR) is 80.3 cm³/mol. The van der Waals surface area contributed by atoms with Crippen LogP contribution in [0.3, 0.4) is 0 Å². The van der Waals surface area contributed by atoms with Gasteiger partial charge in [0.25, 0.3) is 0 Å². The van der Waals surface area contributed by atoms with Crippen molar-refractivity contribution in [3.63, 3.8) is 0 Å². The van der Waals surface area contributed by atoms with Gasteiger partial charge in [-0.15, -0.1) is 0 Å². The molecule has 0 bridgehead atoms. The Morgan fingerprint density at radius 1 is 1.15 bits per heavy atom. The van der Waals surface area contributed by atoms with E-state index in [9.17, 15) is 5.11 Å². The predicted octanol–water partition coefficient (Wildman–Crippen LogP) is 3.05. The summed E-state index contributed by atoms with van der Waals surface area (Å²) in [6, 6.07) is 8.83. The molecule has 0 saturated carbocycles. The van der Waals surface area contributed by atoms with Crippen molar-refractivity contribution >= 4 is 28.6 Å². The van der Waals surface area contributed by atoms with Crippen molar-refractivity contribution < 1.29 is 5.11 Å². The Morgan fingerprint density at radius 2 is 1.95 bits per heavy atom. The van der Waals surface area contributed by atoms with Crippen molar-refractivity contribution in [1.29, 1.82) is 0 Å². The molecule has 5 nitrogen and oxygen atoms in total. The fraction of sp³-hybridized carbons (Fsp3) is 0.143. The molecule has 2 aromatic heterocycles. The standard InChI is InChI=1S/C14H13ClN4O/c1-19(2)12-6-4-10-14(17-12)18-13(16-10)8-3-5-11(20)9(15)7-8/h3-7,20H,1-2H3,(H,16,17,18). The van der Waals surface area contributed by atoms with Crippen LogP contribution in [-0.4, -0.2) is 34.2 Å². The van der Waals surface area contributed by atoms with Crippen LogP contribution in [0.1, 0.15) is 0 Å². The molecular weight excluding hydrogens is 276 g/mol. The van der Waals surface area contributed by atoms with Gasteiger partial charge in [0.1, 0.15) is 17.4 Å². The third-order valence-electron chi connectivity index (χ3n) is 3.01. The van der Waals surface area contributed by atoms with Crippen LogP contribution in [0.15, 0.2) is 30.3 Å². The lowest BCUT2D eigenvalue weighted by Gasteiger charge is -2.09. The van der Waals surface area contributed by atoms with E-state index in [2.05, 4.69) is 15.0 Å². The molecule has 0 fully saturated rings. The van der Waals surface area contributed by atoms with E-state index in [1.54, 1.807) is 18.2 Å². The summed E-state index contributed by atoms with van der Waals surface area (Å²) < 4.78 is 0. The lowest BCUT2D eigenvalue weighted by molar-refractivity contribution is 0.475. The van der Waals surface area contributed by atoms with Crippen LogP contribution < -0.4 is 4.90 Å². The number of phenolic OH excluding ortho intramolecular Hbond substituents is 1. The zero-order valence-electron chi connectivity index (χ0n) is 11.1. The Kier molecular flexibility index (Phi) is 2.99. The van der Waals surface area contributed by atoms with Crippen molar-refractivity contribution in [3.8, 4) is 17.1 Å². The van der Waals surface area contributed by atoms with E-state index in [1.807, 2.05) is 31.1 Å². The van der Waals surface area contributed by atoms with Crippen LogP contribution >= 0.6 is 11.6 Å². The van der Waals surface area contributed by atoms with Crippen molar-refractivity contribution in [2.24, 2.45) is 0 Å². The molecule has 1 aromatic carbocycles. The molecule has 6 heteroatoms. The number of nitrogens with zero attached hydrogens (tertiary/aromatic N) is 3. The minimum absolute atomic E-state index is 0.0551. The van der Waals surface area contributed by atoms with Crippen molar-refractivity contribution in [2.75, 3.05) is 19.0 Å². The van der Waals surface area contributed by atoms with Gasteiger partial charge in [-0.3, -0.25) is 0 Å². The fourth-order valence-corrected chi connectivity index (χ4v) is 2.10. The molecule has 0 saturated heterocycles. The SMILES string of the molecule is CN(C)c1ccc2[nH]c(-c3ccc(O)c(Cl)c3)nc2n1. The van der Waals surface area contributed by atoms with E-state index >= 15 is 0 Å². The van der Waals surface area contributed by atoms with Gasteiger partial charge in [-0.05, 0) is 30.3 Å². The lowest BCUT2D eigenvalue weighted by Crippen LogP contribution is -2.10. The van der Waals surface area contributed by atoms with Gasteiger partial charge in [0.15, 0.2) is 5.65 Å². The number of aromatic nitrogens is 3. The molecular formula is C14H13ClN4O. The molecule has 0 radical (unpaired) electrons. The molecule has 0 aliphatic rings. The number of halogens is 1. The summed E-state index contributed by atoms with van der Waals surface area (Å²) in [4.78, 5) is 14.0. The smallest absolute Gasteiger partial charge is 0.180 e. The molecule has 3 rings (SSSR count). The summed E-state index contributed by atoms with van der Waals surface area (Å²) >= 11 is 5.92. The Hall–Kier alpha value is -2.27. The van der Waals surface area contributed by atoms with Crippen LogP contribution in [-0.2, 0) is 0 Å². The number of aromatic amines is 1. The van der Waals surface area contributed by atoms with E-state index < -0.39 is 0 Å². The van der Waals surface area contributed by atoms with Gasteiger partial charge in [0.05, 0.1) is 10.5 Å². The second-order valence-electron chi connectivity index (χ2n) is 4.69. The molecule has 2 N–H and O–H groups in total. The van der Waals surface area contributed by atoms with Gasteiger partial charge in [0, 0.05) is 19.7 Å². The number of H-pyrrole nitrogens is 1. The number of nitrogens with one attached hydrogen (secondary N) is 1. The quantitative estimate of drug-likeness (QED) is 0.761. The number of pyridine rings is 1. The molecule has 3 aromatic rings. The average Bonchev–Trinajstić information content (AvgIpc) is 2.84. The van der Waals surface area contributed by atoms with Gasteiger partial charge in [-0.25, -0.2) is 9.97 Å². The van der Waals surface area contributed by atoms with E-state index in [-0.39, 0.29) is 5.75 Å². The highest BCUT2D eigenvalue weighted by Gasteiger charge is 2.09. The molecule has 0 unspecified atom stereocenters. The van der Waals surface area contributed by atoms with Crippen molar-refractivity contribution in [1.82, 2.24) is 15.0 Å². The molecule has 0 atom stereocenters. The molecule has 0 spiro atoms. The first-order chi connectivity index (χ1) is 9.54. The maximum atomic E-state index is 9.45. The van der Waals surface area contributed by atoms with Crippen molar-refractivity contribution in [2.45, 2.75) is 0 Å². The second-order valence-corrected chi connectivity index (χ2v) is 5.09. The molecule has 0 amide bonds. The summed E-state index contributed by atoms with van der Waals surface area (Å²) in [7, 11) is 3.86. The number of imidazole rings is 1. The van der Waals surface area contributed by atoms with Gasteiger partial charge in [-0.2, -0.15) is 0 Å². The molecule has 2 heterocycles. The summed E-state index contributed by atoms with van der Waals surface area (Å²) in [6.07, 6.45) is 0. The number of fused-ring (bicyclic) bond motifs is 1. The normalized spacial score (nSPS) is 10.9. The molecule has 20 heavy (non-hydrogen) atoms. The third-order valence-corrected chi connectivity index (χ3v) is 3.31. The van der Waals surface area contributed by atoms with Crippen LogP contribution in [0, 0.1) is 0 Å². The minimum Gasteiger partial charge on any atom is -0.506 e. The maximum Gasteiger partial charge on any atom is 0.180 e. The topological polar surface area (TPSA) is 65.0 Å². The Labute approximate surface area is 120 Å². The number of benzene rings is 1. The first kappa shape index (κ1) is 12.7.